The Morgan fingerprint density at radius 3 is 2.65 bits per heavy atom. The molecule has 1 fully saturated rings. The third kappa shape index (κ3) is 2.60. The highest BCUT2D eigenvalue weighted by Crippen LogP contribution is 2.39. The van der Waals surface area contributed by atoms with Crippen molar-refractivity contribution in [2.24, 2.45) is 5.92 Å². The van der Waals surface area contributed by atoms with Crippen LogP contribution in [0.15, 0.2) is 42.5 Å². The van der Waals surface area contributed by atoms with Gasteiger partial charge in [0.05, 0.1) is 5.60 Å². The fraction of sp³-hybridized carbons (Fsp3) is 0.474. The van der Waals surface area contributed by atoms with Gasteiger partial charge in [-0.15, -0.1) is 0 Å². The molecule has 0 aliphatic heterocycles. The van der Waals surface area contributed by atoms with Crippen LogP contribution in [0.4, 0.5) is 0 Å². The number of hydrogen-bond acceptors (Lipinski definition) is 1. The van der Waals surface area contributed by atoms with Gasteiger partial charge in [-0.1, -0.05) is 56.2 Å². The molecule has 0 radical (unpaired) electrons. The van der Waals surface area contributed by atoms with Crippen LogP contribution in [0.3, 0.4) is 0 Å². The lowest BCUT2D eigenvalue weighted by Gasteiger charge is -2.27. The van der Waals surface area contributed by atoms with Crippen molar-refractivity contribution in [1.82, 2.24) is 0 Å². The number of hydrogen-bond donors (Lipinski definition) is 1. The lowest BCUT2D eigenvalue weighted by molar-refractivity contribution is 0.0197. The number of benzene rings is 2. The molecule has 2 unspecified atom stereocenters. The van der Waals surface area contributed by atoms with E-state index in [2.05, 4.69) is 49.4 Å². The van der Waals surface area contributed by atoms with Crippen molar-refractivity contribution in [2.75, 3.05) is 0 Å². The molecule has 0 heterocycles. The molecule has 1 aliphatic carbocycles. The van der Waals surface area contributed by atoms with E-state index in [1.807, 2.05) is 0 Å². The van der Waals surface area contributed by atoms with Gasteiger partial charge in [0.1, 0.15) is 0 Å². The Hall–Kier alpha value is -1.34. The molecule has 0 amide bonds. The Labute approximate surface area is 121 Å². The maximum Gasteiger partial charge on any atom is 0.0896 e. The zero-order chi connectivity index (χ0) is 14.0. The molecule has 2 aromatic rings. The summed E-state index contributed by atoms with van der Waals surface area (Å²) in [7, 11) is 0. The topological polar surface area (TPSA) is 20.2 Å². The molecule has 2 aromatic carbocycles. The molecule has 1 N–H and O–H groups in total. The third-order valence-electron chi connectivity index (χ3n) is 5.03. The summed E-state index contributed by atoms with van der Waals surface area (Å²) in [6, 6.07) is 14.8. The highest BCUT2D eigenvalue weighted by atomic mass is 16.3. The minimum Gasteiger partial charge on any atom is -0.385 e. The van der Waals surface area contributed by atoms with Crippen LogP contribution in [0.25, 0.3) is 10.8 Å². The van der Waals surface area contributed by atoms with Gasteiger partial charge in [-0.2, -0.15) is 0 Å². The van der Waals surface area contributed by atoms with E-state index in [4.69, 9.17) is 0 Å². The summed E-state index contributed by atoms with van der Waals surface area (Å²) < 4.78 is 0. The van der Waals surface area contributed by atoms with Gasteiger partial charge < -0.3 is 5.11 Å². The molecule has 3 rings (SSSR count). The number of aliphatic hydroxyl groups is 1. The lowest BCUT2D eigenvalue weighted by Crippen LogP contribution is -2.24. The van der Waals surface area contributed by atoms with E-state index in [1.54, 1.807) is 0 Å². The highest BCUT2D eigenvalue weighted by molar-refractivity contribution is 5.83. The quantitative estimate of drug-likeness (QED) is 0.758. The molecule has 0 spiro atoms. The van der Waals surface area contributed by atoms with Crippen molar-refractivity contribution in [3.05, 3.63) is 48.0 Å². The van der Waals surface area contributed by atoms with E-state index in [1.165, 1.54) is 23.6 Å². The molecule has 1 nitrogen and oxygen atoms in total. The Morgan fingerprint density at radius 2 is 1.85 bits per heavy atom. The second kappa shape index (κ2) is 5.57. The van der Waals surface area contributed by atoms with Crippen LogP contribution in [0.5, 0.6) is 0 Å². The molecule has 20 heavy (non-hydrogen) atoms. The Kier molecular flexibility index (Phi) is 3.80. The van der Waals surface area contributed by atoms with Crippen LogP contribution in [0.1, 0.15) is 51.0 Å². The predicted molar refractivity (Wildman–Crippen MR) is 84.7 cm³/mol. The van der Waals surface area contributed by atoms with Crippen molar-refractivity contribution in [3.63, 3.8) is 0 Å². The average Bonchev–Trinajstić information content (AvgIpc) is 2.69. The molecule has 1 saturated carbocycles. The highest BCUT2D eigenvalue weighted by Gasteiger charge is 2.32. The van der Waals surface area contributed by atoms with Crippen molar-refractivity contribution < 1.29 is 5.11 Å². The molecular weight excluding hydrogens is 244 g/mol. The Balaban J connectivity index is 1.92. The number of fused-ring (bicyclic) bond motifs is 1. The summed E-state index contributed by atoms with van der Waals surface area (Å²) in [5, 5.41) is 13.6. The molecule has 1 heteroatoms. The summed E-state index contributed by atoms with van der Waals surface area (Å²) in [5.41, 5.74) is 0.487. The van der Waals surface area contributed by atoms with Gasteiger partial charge in [0.2, 0.25) is 0 Å². The largest absolute Gasteiger partial charge is 0.385 e. The smallest absolute Gasteiger partial charge is 0.0896 e. The van der Waals surface area contributed by atoms with Gasteiger partial charge in [-0.05, 0) is 54.0 Å². The van der Waals surface area contributed by atoms with Crippen LogP contribution < -0.4 is 0 Å². The third-order valence-corrected chi connectivity index (χ3v) is 5.03. The zero-order valence-corrected chi connectivity index (χ0v) is 12.3. The fourth-order valence-electron chi connectivity index (χ4n) is 3.57. The maximum atomic E-state index is 11.1. The van der Waals surface area contributed by atoms with Gasteiger partial charge in [0, 0.05) is 0 Å². The predicted octanol–water partition coefficient (Wildman–Crippen LogP) is 5.02. The maximum absolute atomic E-state index is 11.1. The van der Waals surface area contributed by atoms with Crippen LogP contribution in [0, 0.1) is 5.92 Å². The van der Waals surface area contributed by atoms with Gasteiger partial charge >= 0.3 is 0 Å². The molecule has 0 saturated heterocycles. The Morgan fingerprint density at radius 1 is 1.05 bits per heavy atom. The standard InChI is InChI=1S/C19H24O/c1-2-15-6-5-12-19(20,13-11-15)18-10-9-16-7-3-4-8-17(16)14-18/h3-4,7-10,14-15,20H,2,5-6,11-13H2,1H3. The number of rotatable bonds is 2. The van der Waals surface area contributed by atoms with Gasteiger partial charge in [-0.3, -0.25) is 0 Å². The second-order valence-electron chi connectivity index (χ2n) is 6.30. The SMILES string of the molecule is CCC1CCCC(O)(c2ccc3ccccc3c2)CC1. The summed E-state index contributed by atoms with van der Waals surface area (Å²) in [6.07, 6.45) is 6.62. The molecule has 2 atom stereocenters. The lowest BCUT2D eigenvalue weighted by atomic mass is 9.85. The van der Waals surface area contributed by atoms with E-state index < -0.39 is 5.60 Å². The second-order valence-corrected chi connectivity index (χ2v) is 6.30. The van der Waals surface area contributed by atoms with Crippen LogP contribution >= 0.6 is 0 Å². The normalized spacial score (nSPS) is 27.4. The first-order chi connectivity index (χ1) is 9.71. The van der Waals surface area contributed by atoms with E-state index in [0.29, 0.717) is 0 Å². The monoisotopic (exact) mass is 268 g/mol. The van der Waals surface area contributed by atoms with Crippen LogP contribution in [-0.2, 0) is 5.60 Å². The van der Waals surface area contributed by atoms with Crippen molar-refractivity contribution in [2.45, 2.75) is 51.0 Å². The van der Waals surface area contributed by atoms with E-state index >= 15 is 0 Å². The molecule has 106 valence electrons. The minimum absolute atomic E-state index is 0.617. The summed E-state index contributed by atoms with van der Waals surface area (Å²) in [6.45, 7) is 2.27. The molecule has 0 bridgehead atoms. The molecule has 1 aliphatic rings. The fourth-order valence-corrected chi connectivity index (χ4v) is 3.57. The zero-order valence-electron chi connectivity index (χ0n) is 12.3. The van der Waals surface area contributed by atoms with Gasteiger partial charge in [-0.25, -0.2) is 0 Å². The van der Waals surface area contributed by atoms with E-state index in [-0.39, 0.29) is 0 Å². The first-order valence-electron chi connectivity index (χ1n) is 7.93. The minimum atomic E-state index is -0.617. The summed E-state index contributed by atoms with van der Waals surface area (Å²) >= 11 is 0. The van der Waals surface area contributed by atoms with Gasteiger partial charge in [0.25, 0.3) is 0 Å². The van der Waals surface area contributed by atoms with Crippen LogP contribution in [-0.4, -0.2) is 5.11 Å². The van der Waals surface area contributed by atoms with Crippen molar-refractivity contribution in [3.8, 4) is 0 Å². The Bertz CT molecular complexity index is 589. The van der Waals surface area contributed by atoms with E-state index in [0.717, 1.165) is 37.2 Å². The summed E-state index contributed by atoms with van der Waals surface area (Å²) in [5.74, 6) is 0.796. The summed E-state index contributed by atoms with van der Waals surface area (Å²) in [4.78, 5) is 0. The van der Waals surface area contributed by atoms with Crippen LogP contribution in [0.2, 0.25) is 0 Å². The van der Waals surface area contributed by atoms with E-state index in [9.17, 15) is 5.11 Å². The van der Waals surface area contributed by atoms with Crippen molar-refractivity contribution in [1.29, 1.82) is 0 Å². The van der Waals surface area contributed by atoms with Crippen molar-refractivity contribution >= 4 is 10.8 Å². The molecular formula is C19H24O. The first kappa shape index (κ1) is 13.6. The van der Waals surface area contributed by atoms with Gasteiger partial charge in [0.15, 0.2) is 0 Å². The molecule has 0 aromatic heterocycles. The first-order valence-corrected chi connectivity index (χ1v) is 7.93. The average molecular weight is 268 g/mol.